The Morgan fingerprint density at radius 3 is 1.78 bits per heavy atom. The minimum atomic E-state index is 0.943. The van der Waals surface area contributed by atoms with Gasteiger partial charge in [0.05, 0.1) is 0 Å². The Balaban J connectivity index is 1.41. The highest BCUT2D eigenvalue weighted by Crippen LogP contribution is 2.33. The summed E-state index contributed by atoms with van der Waals surface area (Å²) >= 11 is 0. The standard InChI is InChI=1S/C32H42/c1-3-5-6-7-8-10-28-13-17-30(18-14-28)20-22-32-25-23-31(24-26-32)21-19-29-15-11-27(9-4-2)12-16-29/h3,5,13-14,17-18,23-27,29H,4,6-12,15-16,19,21H2,1-2H3/b5-3+. The summed E-state index contributed by atoms with van der Waals surface area (Å²) in [6, 6.07) is 17.7. The highest BCUT2D eigenvalue weighted by molar-refractivity contribution is 5.44. The summed E-state index contributed by atoms with van der Waals surface area (Å²) in [5.74, 6) is 8.62. The van der Waals surface area contributed by atoms with E-state index >= 15 is 0 Å². The van der Waals surface area contributed by atoms with Crippen molar-refractivity contribution < 1.29 is 0 Å². The largest absolute Gasteiger partial charge is 0.0917 e. The molecule has 0 unspecified atom stereocenters. The molecule has 0 saturated heterocycles. The molecule has 3 rings (SSSR count). The molecule has 2 aromatic rings. The van der Waals surface area contributed by atoms with E-state index in [4.69, 9.17) is 0 Å². The van der Waals surface area contributed by atoms with Crippen LogP contribution in [0, 0.1) is 23.7 Å². The van der Waals surface area contributed by atoms with Crippen molar-refractivity contribution in [3.05, 3.63) is 82.9 Å². The van der Waals surface area contributed by atoms with Crippen LogP contribution in [0.1, 0.15) is 100 Å². The number of rotatable bonds is 10. The Hall–Kier alpha value is -2.26. The van der Waals surface area contributed by atoms with Crippen LogP contribution < -0.4 is 0 Å². The van der Waals surface area contributed by atoms with Crippen molar-refractivity contribution in [2.75, 3.05) is 0 Å². The second-order valence-corrected chi connectivity index (χ2v) is 9.67. The van der Waals surface area contributed by atoms with Crippen LogP contribution in [0.4, 0.5) is 0 Å². The molecule has 0 spiro atoms. The van der Waals surface area contributed by atoms with Gasteiger partial charge in [-0.1, -0.05) is 93.7 Å². The van der Waals surface area contributed by atoms with E-state index in [2.05, 4.69) is 86.4 Å². The molecule has 0 nitrogen and oxygen atoms in total. The van der Waals surface area contributed by atoms with Crippen molar-refractivity contribution in [3.63, 3.8) is 0 Å². The van der Waals surface area contributed by atoms with Crippen LogP contribution in [0.15, 0.2) is 60.7 Å². The molecule has 0 aliphatic heterocycles. The zero-order valence-corrected chi connectivity index (χ0v) is 20.4. The molecule has 0 N–H and O–H groups in total. The fourth-order valence-electron chi connectivity index (χ4n) is 5.00. The van der Waals surface area contributed by atoms with Gasteiger partial charge < -0.3 is 0 Å². The number of hydrogen-bond donors (Lipinski definition) is 0. The number of unbranched alkanes of at least 4 members (excludes halogenated alkanes) is 2. The van der Waals surface area contributed by atoms with E-state index in [9.17, 15) is 0 Å². The van der Waals surface area contributed by atoms with Gasteiger partial charge in [0, 0.05) is 11.1 Å². The fraction of sp³-hybridized carbons (Fsp3) is 0.500. The van der Waals surface area contributed by atoms with Crippen LogP contribution in [0.2, 0.25) is 0 Å². The number of allylic oxidation sites excluding steroid dienone is 2. The molecular formula is C32H42. The topological polar surface area (TPSA) is 0 Å². The lowest BCUT2D eigenvalue weighted by Crippen LogP contribution is -2.15. The maximum Gasteiger partial charge on any atom is 0.0249 e. The summed E-state index contributed by atoms with van der Waals surface area (Å²) in [4.78, 5) is 0. The molecule has 1 fully saturated rings. The third kappa shape index (κ3) is 8.70. The molecule has 170 valence electrons. The van der Waals surface area contributed by atoms with Crippen molar-refractivity contribution in [2.24, 2.45) is 11.8 Å². The zero-order valence-electron chi connectivity index (χ0n) is 20.4. The van der Waals surface area contributed by atoms with E-state index in [1.165, 1.54) is 81.8 Å². The van der Waals surface area contributed by atoms with E-state index in [0.717, 1.165) is 29.4 Å². The molecule has 0 bridgehead atoms. The first-order valence-corrected chi connectivity index (χ1v) is 13.1. The van der Waals surface area contributed by atoms with Gasteiger partial charge in [-0.2, -0.15) is 0 Å². The molecule has 0 heteroatoms. The Morgan fingerprint density at radius 1 is 0.719 bits per heavy atom. The Kier molecular flexibility index (Phi) is 10.7. The van der Waals surface area contributed by atoms with E-state index < -0.39 is 0 Å². The smallest absolute Gasteiger partial charge is 0.0249 e. The van der Waals surface area contributed by atoms with Crippen molar-refractivity contribution in [1.29, 1.82) is 0 Å². The van der Waals surface area contributed by atoms with Gasteiger partial charge in [-0.05, 0) is 92.7 Å². The van der Waals surface area contributed by atoms with E-state index in [1.807, 2.05) is 0 Å². The fourth-order valence-corrected chi connectivity index (χ4v) is 5.00. The van der Waals surface area contributed by atoms with Gasteiger partial charge >= 0.3 is 0 Å². The second-order valence-electron chi connectivity index (χ2n) is 9.67. The van der Waals surface area contributed by atoms with E-state index in [1.54, 1.807) is 0 Å². The minimum Gasteiger partial charge on any atom is -0.0917 e. The molecule has 1 aliphatic rings. The lowest BCUT2D eigenvalue weighted by molar-refractivity contribution is 0.252. The summed E-state index contributed by atoms with van der Waals surface area (Å²) in [7, 11) is 0. The van der Waals surface area contributed by atoms with Crippen molar-refractivity contribution in [2.45, 2.75) is 90.9 Å². The first kappa shape index (κ1) is 24.4. The second kappa shape index (κ2) is 14.0. The van der Waals surface area contributed by atoms with Gasteiger partial charge in [-0.25, -0.2) is 0 Å². The molecule has 2 aromatic carbocycles. The maximum atomic E-state index is 3.34. The monoisotopic (exact) mass is 426 g/mol. The molecule has 0 heterocycles. The first-order chi connectivity index (χ1) is 15.8. The molecular weight excluding hydrogens is 384 g/mol. The Morgan fingerprint density at radius 2 is 1.25 bits per heavy atom. The van der Waals surface area contributed by atoms with Crippen LogP contribution in [0.25, 0.3) is 0 Å². The highest BCUT2D eigenvalue weighted by Gasteiger charge is 2.20. The van der Waals surface area contributed by atoms with Gasteiger partial charge in [0.2, 0.25) is 0 Å². The summed E-state index contributed by atoms with van der Waals surface area (Å²) in [5.41, 5.74) is 5.09. The average Bonchev–Trinajstić information content (AvgIpc) is 2.84. The third-order valence-corrected chi connectivity index (χ3v) is 7.09. The Labute approximate surface area is 197 Å². The molecule has 1 saturated carbocycles. The summed E-state index contributed by atoms with van der Waals surface area (Å²) < 4.78 is 0. The van der Waals surface area contributed by atoms with Gasteiger partial charge in [-0.15, -0.1) is 0 Å². The van der Waals surface area contributed by atoms with Crippen molar-refractivity contribution >= 4 is 0 Å². The van der Waals surface area contributed by atoms with Gasteiger partial charge in [-0.3, -0.25) is 0 Å². The van der Waals surface area contributed by atoms with Crippen molar-refractivity contribution in [1.82, 2.24) is 0 Å². The summed E-state index contributed by atoms with van der Waals surface area (Å²) in [6.07, 6.45) is 20.4. The Bertz CT molecular complexity index is 849. The number of benzene rings is 2. The molecule has 0 amide bonds. The third-order valence-electron chi connectivity index (χ3n) is 7.09. The van der Waals surface area contributed by atoms with Crippen LogP contribution in [-0.4, -0.2) is 0 Å². The van der Waals surface area contributed by atoms with Gasteiger partial charge in [0.15, 0.2) is 0 Å². The van der Waals surface area contributed by atoms with Crippen molar-refractivity contribution in [3.8, 4) is 11.8 Å². The van der Waals surface area contributed by atoms with Crippen LogP contribution in [0.5, 0.6) is 0 Å². The molecule has 1 aliphatic carbocycles. The van der Waals surface area contributed by atoms with Crippen LogP contribution >= 0.6 is 0 Å². The van der Waals surface area contributed by atoms with Crippen LogP contribution in [0.3, 0.4) is 0 Å². The predicted molar refractivity (Wildman–Crippen MR) is 140 cm³/mol. The SMILES string of the molecule is C/C=C/CCCCc1ccc(C#Cc2ccc(CCC3CCC(CCC)CC3)cc2)cc1. The minimum absolute atomic E-state index is 0.943. The molecule has 0 radical (unpaired) electrons. The summed E-state index contributed by atoms with van der Waals surface area (Å²) in [6.45, 7) is 4.42. The normalized spacial score (nSPS) is 18.4. The predicted octanol–water partition coefficient (Wildman–Crippen LogP) is 8.91. The van der Waals surface area contributed by atoms with E-state index in [0.29, 0.717) is 0 Å². The first-order valence-electron chi connectivity index (χ1n) is 13.1. The maximum absolute atomic E-state index is 3.34. The number of hydrogen-bond acceptors (Lipinski definition) is 0. The highest BCUT2D eigenvalue weighted by atomic mass is 14.3. The molecule has 0 aromatic heterocycles. The summed E-state index contributed by atoms with van der Waals surface area (Å²) in [5, 5.41) is 0. The molecule has 0 atom stereocenters. The zero-order chi connectivity index (χ0) is 22.4. The van der Waals surface area contributed by atoms with Gasteiger partial charge in [0.1, 0.15) is 0 Å². The van der Waals surface area contributed by atoms with E-state index in [-0.39, 0.29) is 0 Å². The lowest BCUT2D eigenvalue weighted by Gasteiger charge is -2.28. The molecule has 32 heavy (non-hydrogen) atoms. The number of aryl methyl sites for hydroxylation is 2. The average molecular weight is 427 g/mol. The quantitative estimate of drug-likeness (QED) is 0.202. The van der Waals surface area contributed by atoms with Gasteiger partial charge in [0.25, 0.3) is 0 Å². The van der Waals surface area contributed by atoms with Crippen LogP contribution in [-0.2, 0) is 12.8 Å². The lowest BCUT2D eigenvalue weighted by atomic mass is 9.78.